The van der Waals surface area contributed by atoms with E-state index in [1.165, 1.54) is 7.11 Å². The molecule has 0 saturated carbocycles. The SMILES string of the molecule is CC.COC(=O)C(C)(CC1OC(=O)CC1C)C1C(=O)OC(=O)C1C. The second-order valence-electron chi connectivity index (χ2n) is 6.33. The van der Waals surface area contributed by atoms with Crippen LogP contribution in [0.25, 0.3) is 0 Å². The van der Waals surface area contributed by atoms with Crippen LogP contribution in [-0.4, -0.2) is 37.1 Å². The van der Waals surface area contributed by atoms with Gasteiger partial charge < -0.3 is 14.2 Å². The van der Waals surface area contributed by atoms with Gasteiger partial charge >= 0.3 is 23.9 Å². The Labute approximate surface area is 142 Å². The summed E-state index contributed by atoms with van der Waals surface area (Å²) in [7, 11) is 1.22. The summed E-state index contributed by atoms with van der Waals surface area (Å²) < 4.78 is 14.7. The fourth-order valence-electron chi connectivity index (χ4n) is 3.37. The van der Waals surface area contributed by atoms with E-state index >= 15 is 0 Å². The molecule has 0 aliphatic carbocycles. The number of cyclic esters (lactones) is 3. The number of rotatable bonds is 4. The number of esters is 4. The summed E-state index contributed by atoms with van der Waals surface area (Å²) in [6.45, 7) is 8.94. The molecule has 5 unspecified atom stereocenters. The van der Waals surface area contributed by atoms with E-state index in [1.54, 1.807) is 13.8 Å². The standard InChI is InChI=1S/C15H20O7.C2H6/c1-7-5-10(16)21-9(7)6-15(3,14(19)20-4)11-8(2)12(17)22-13(11)18;1-2/h7-9,11H,5-6H2,1-4H3;1-2H3. The highest BCUT2D eigenvalue weighted by molar-refractivity contribution is 5.99. The number of carbonyl (C=O) groups is 4. The van der Waals surface area contributed by atoms with E-state index in [1.807, 2.05) is 20.8 Å². The van der Waals surface area contributed by atoms with Crippen molar-refractivity contribution in [3.63, 3.8) is 0 Å². The monoisotopic (exact) mass is 342 g/mol. The van der Waals surface area contributed by atoms with Gasteiger partial charge in [0.05, 0.1) is 30.8 Å². The van der Waals surface area contributed by atoms with Crippen LogP contribution in [0, 0.1) is 23.2 Å². The lowest BCUT2D eigenvalue weighted by atomic mass is 9.68. The van der Waals surface area contributed by atoms with Crippen molar-refractivity contribution in [2.45, 2.75) is 53.6 Å². The van der Waals surface area contributed by atoms with E-state index in [0.717, 1.165) is 0 Å². The Morgan fingerprint density at radius 1 is 1.21 bits per heavy atom. The average Bonchev–Trinajstić information content (AvgIpc) is 2.98. The molecule has 2 aliphatic heterocycles. The summed E-state index contributed by atoms with van der Waals surface area (Å²) >= 11 is 0. The normalized spacial score (nSPS) is 31.5. The van der Waals surface area contributed by atoms with Crippen molar-refractivity contribution >= 4 is 23.9 Å². The summed E-state index contributed by atoms with van der Waals surface area (Å²) in [6.07, 6.45) is -0.109. The summed E-state index contributed by atoms with van der Waals surface area (Å²) in [5, 5.41) is 0. The first-order valence-corrected chi connectivity index (χ1v) is 8.24. The maximum Gasteiger partial charge on any atom is 0.318 e. The number of hydrogen-bond acceptors (Lipinski definition) is 7. The molecular formula is C17H26O7. The van der Waals surface area contributed by atoms with Crippen LogP contribution in [0.4, 0.5) is 0 Å². The highest BCUT2D eigenvalue weighted by atomic mass is 16.6. The Bertz CT molecular complexity index is 527. The third kappa shape index (κ3) is 3.60. The highest BCUT2D eigenvalue weighted by Gasteiger charge is 2.57. The van der Waals surface area contributed by atoms with Gasteiger partial charge in [0, 0.05) is 12.3 Å². The lowest BCUT2D eigenvalue weighted by Gasteiger charge is -2.34. The van der Waals surface area contributed by atoms with Crippen LogP contribution in [0.15, 0.2) is 0 Å². The van der Waals surface area contributed by atoms with Gasteiger partial charge in [0.25, 0.3) is 0 Å². The van der Waals surface area contributed by atoms with Gasteiger partial charge in [-0.15, -0.1) is 0 Å². The van der Waals surface area contributed by atoms with Gasteiger partial charge in [-0.3, -0.25) is 19.2 Å². The van der Waals surface area contributed by atoms with E-state index in [2.05, 4.69) is 4.74 Å². The lowest BCUT2D eigenvalue weighted by Crippen LogP contribution is -2.45. The Balaban J connectivity index is 0.00000139. The summed E-state index contributed by atoms with van der Waals surface area (Å²) in [5.74, 6) is -4.10. The van der Waals surface area contributed by atoms with Gasteiger partial charge in [0.1, 0.15) is 6.10 Å². The van der Waals surface area contributed by atoms with Gasteiger partial charge in [0.2, 0.25) is 0 Å². The molecule has 2 fully saturated rings. The predicted molar refractivity (Wildman–Crippen MR) is 83.5 cm³/mol. The van der Waals surface area contributed by atoms with Crippen molar-refractivity contribution < 1.29 is 33.4 Å². The lowest BCUT2D eigenvalue weighted by molar-refractivity contribution is -0.166. The van der Waals surface area contributed by atoms with Crippen molar-refractivity contribution in [2.24, 2.45) is 23.2 Å². The van der Waals surface area contributed by atoms with Crippen molar-refractivity contribution in [3.8, 4) is 0 Å². The zero-order valence-corrected chi connectivity index (χ0v) is 15.1. The van der Waals surface area contributed by atoms with Gasteiger partial charge in [-0.2, -0.15) is 0 Å². The Hall–Kier alpha value is -1.92. The van der Waals surface area contributed by atoms with Crippen LogP contribution >= 0.6 is 0 Å². The number of methoxy groups -OCH3 is 1. The van der Waals surface area contributed by atoms with Crippen molar-refractivity contribution in [1.29, 1.82) is 0 Å². The molecule has 7 heteroatoms. The third-order valence-corrected chi connectivity index (χ3v) is 4.70. The summed E-state index contributed by atoms with van der Waals surface area (Å²) in [5.41, 5.74) is -1.29. The molecule has 0 aromatic rings. The van der Waals surface area contributed by atoms with Crippen LogP contribution < -0.4 is 0 Å². The molecule has 136 valence electrons. The van der Waals surface area contributed by atoms with Crippen molar-refractivity contribution in [1.82, 2.24) is 0 Å². The Morgan fingerprint density at radius 2 is 1.79 bits per heavy atom. The van der Waals surface area contributed by atoms with Crippen LogP contribution in [0.3, 0.4) is 0 Å². The van der Waals surface area contributed by atoms with E-state index in [0.29, 0.717) is 0 Å². The molecule has 2 saturated heterocycles. The smallest absolute Gasteiger partial charge is 0.318 e. The molecule has 0 spiro atoms. The molecule has 2 heterocycles. The molecule has 24 heavy (non-hydrogen) atoms. The van der Waals surface area contributed by atoms with Gasteiger partial charge in [-0.1, -0.05) is 27.7 Å². The first-order valence-electron chi connectivity index (χ1n) is 8.24. The molecule has 0 amide bonds. The first kappa shape index (κ1) is 20.1. The zero-order chi connectivity index (χ0) is 18.7. The second kappa shape index (κ2) is 7.77. The summed E-state index contributed by atoms with van der Waals surface area (Å²) in [6, 6.07) is 0. The second-order valence-corrected chi connectivity index (χ2v) is 6.33. The maximum absolute atomic E-state index is 12.3. The van der Waals surface area contributed by atoms with Gasteiger partial charge in [-0.25, -0.2) is 0 Å². The van der Waals surface area contributed by atoms with Crippen LogP contribution in [0.2, 0.25) is 0 Å². The Morgan fingerprint density at radius 3 is 2.17 bits per heavy atom. The largest absolute Gasteiger partial charge is 0.469 e. The van der Waals surface area contributed by atoms with E-state index in [-0.39, 0.29) is 24.7 Å². The minimum atomic E-state index is -1.29. The molecular weight excluding hydrogens is 316 g/mol. The molecule has 0 aromatic heterocycles. The van der Waals surface area contributed by atoms with E-state index in [4.69, 9.17) is 9.47 Å². The minimum Gasteiger partial charge on any atom is -0.469 e. The molecule has 0 bridgehead atoms. The highest BCUT2D eigenvalue weighted by Crippen LogP contribution is 2.45. The third-order valence-electron chi connectivity index (χ3n) is 4.70. The maximum atomic E-state index is 12.3. The zero-order valence-electron chi connectivity index (χ0n) is 15.1. The molecule has 7 nitrogen and oxygen atoms in total. The molecule has 0 radical (unpaired) electrons. The molecule has 5 atom stereocenters. The average molecular weight is 342 g/mol. The van der Waals surface area contributed by atoms with Crippen LogP contribution in [-0.2, 0) is 33.4 Å². The fourth-order valence-corrected chi connectivity index (χ4v) is 3.37. The molecule has 2 rings (SSSR count). The Kier molecular flexibility index (Phi) is 6.51. The van der Waals surface area contributed by atoms with Crippen LogP contribution in [0.5, 0.6) is 0 Å². The van der Waals surface area contributed by atoms with Gasteiger partial charge in [0.15, 0.2) is 0 Å². The first-order chi connectivity index (χ1) is 11.2. The number of hydrogen-bond donors (Lipinski definition) is 0. The van der Waals surface area contributed by atoms with Crippen molar-refractivity contribution in [3.05, 3.63) is 0 Å². The number of ether oxygens (including phenoxy) is 3. The van der Waals surface area contributed by atoms with Crippen LogP contribution in [0.1, 0.15) is 47.5 Å². The number of carbonyl (C=O) groups excluding carboxylic acids is 4. The fraction of sp³-hybridized carbons (Fsp3) is 0.765. The van der Waals surface area contributed by atoms with E-state index < -0.39 is 41.3 Å². The molecule has 0 N–H and O–H groups in total. The molecule has 0 aromatic carbocycles. The quantitative estimate of drug-likeness (QED) is 0.437. The van der Waals surface area contributed by atoms with E-state index in [9.17, 15) is 19.2 Å². The summed E-state index contributed by atoms with van der Waals surface area (Å²) in [4.78, 5) is 47.4. The molecule has 2 aliphatic rings. The predicted octanol–water partition coefficient (Wildman–Crippen LogP) is 1.87. The van der Waals surface area contributed by atoms with Crippen molar-refractivity contribution in [2.75, 3.05) is 7.11 Å². The van der Waals surface area contributed by atoms with Gasteiger partial charge in [-0.05, 0) is 6.92 Å². The minimum absolute atomic E-state index is 0.0695. The topological polar surface area (TPSA) is 96.0 Å².